The van der Waals surface area contributed by atoms with Crippen LogP contribution in [0.25, 0.3) is 11.6 Å². The summed E-state index contributed by atoms with van der Waals surface area (Å²) >= 11 is 0. The third-order valence-corrected chi connectivity index (χ3v) is 3.99. The molecule has 1 aromatic carbocycles. The van der Waals surface area contributed by atoms with Gasteiger partial charge >= 0.3 is 0 Å². The summed E-state index contributed by atoms with van der Waals surface area (Å²) in [5.41, 5.74) is 6.70. The first kappa shape index (κ1) is 15.8. The Balaban J connectivity index is 0.00000161. The Bertz CT molecular complexity index is 675. The van der Waals surface area contributed by atoms with E-state index < -0.39 is 0 Å². The molecule has 2 heterocycles. The zero-order chi connectivity index (χ0) is 14.1. The Morgan fingerprint density at radius 2 is 1.95 bits per heavy atom. The number of fused-ring (bicyclic) bond motifs is 1. The fourth-order valence-corrected chi connectivity index (χ4v) is 2.77. The van der Waals surface area contributed by atoms with E-state index in [0.29, 0.717) is 0 Å². The molecule has 0 N–H and O–H groups in total. The van der Waals surface area contributed by atoms with Crippen molar-refractivity contribution in [3.63, 3.8) is 0 Å². The molecule has 0 spiro atoms. The number of anilines is 1. The van der Waals surface area contributed by atoms with Crippen LogP contribution < -0.4 is 26.4 Å². The molecule has 110 valence electrons. The lowest BCUT2D eigenvalue weighted by Crippen LogP contribution is -3.00. The number of pyridine rings is 1. The van der Waals surface area contributed by atoms with Crippen LogP contribution in [-0.2, 0) is 6.54 Å². The van der Waals surface area contributed by atoms with Crippen LogP contribution in [0.1, 0.15) is 23.2 Å². The maximum Gasteiger partial charge on any atom is 0.208 e. The molecule has 21 heavy (non-hydrogen) atoms. The van der Waals surface area contributed by atoms with E-state index >= 15 is 0 Å². The zero-order valence-electron chi connectivity index (χ0n) is 12.8. The molecule has 0 atom stereocenters. The summed E-state index contributed by atoms with van der Waals surface area (Å²) in [6, 6.07) is 13.1. The average molecular weight is 345 g/mol. The van der Waals surface area contributed by atoms with Gasteiger partial charge in [0.05, 0.1) is 0 Å². The molecule has 1 aliphatic heterocycles. The van der Waals surface area contributed by atoms with Gasteiger partial charge in [0, 0.05) is 43.9 Å². The maximum absolute atomic E-state index is 2.34. The predicted octanol–water partition coefficient (Wildman–Crippen LogP) is 0.297. The lowest BCUT2D eigenvalue weighted by Gasteiger charge is -2.14. The van der Waals surface area contributed by atoms with Crippen LogP contribution in [0.4, 0.5) is 5.69 Å². The van der Waals surface area contributed by atoms with Crippen molar-refractivity contribution in [3.05, 3.63) is 59.4 Å². The van der Waals surface area contributed by atoms with Crippen molar-refractivity contribution < 1.29 is 21.5 Å². The molecule has 3 heteroatoms. The maximum atomic E-state index is 2.34. The third kappa shape index (κ3) is 3.18. The molecule has 0 amide bonds. The summed E-state index contributed by atoms with van der Waals surface area (Å²) in [6.45, 7) is 3.28. The molecule has 2 aromatic rings. The Labute approximate surface area is 137 Å². The van der Waals surface area contributed by atoms with Crippen molar-refractivity contribution in [2.75, 3.05) is 19.0 Å². The van der Waals surface area contributed by atoms with E-state index in [0.717, 1.165) is 13.0 Å². The number of aromatic nitrogens is 1. The molecule has 0 radical (unpaired) electrons. The first-order valence-corrected chi connectivity index (χ1v) is 7.12. The summed E-state index contributed by atoms with van der Waals surface area (Å²) in [4.78, 5) is 2.14. The molecule has 3 rings (SSSR count). The van der Waals surface area contributed by atoms with Crippen molar-refractivity contribution in [1.29, 1.82) is 0 Å². The van der Waals surface area contributed by atoms with Crippen molar-refractivity contribution in [2.45, 2.75) is 19.9 Å². The van der Waals surface area contributed by atoms with Crippen molar-refractivity contribution in [3.8, 4) is 0 Å². The van der Waals surface area contributed by atoms with Crippen molar-refractivity contribution in [2.24, 2.45) is 0 Å². The van der Waals surface area contributed by atoms with Gasteiger partial charge in [0.2, 0.25) is 5.69 Å². The molecule has 1 aliphatic rings. The van der Waals surface area contributed by atoms with Gasteiger partial charge in [0.15, 0.2) is 12.7 Å². The fraction of sp³-hybridized carbons (Fsp3) is 0.278. The number of hydrogen-bond donors (Lipinski definition) is 0. The van der Waals surface area contributed by atoms with Gasteiger partial charge in [-0.05, 0) is 42.3 Å². The quantitative estimate of drug-likeness (QED) is 0.710. The second-order valence-corrected chi connectivity index (χ2v) is 5.63. The van der Waals surface area contributed by atoms with Gasteiger partial charge in [-0.1, -0.05) is 6.07 Å². The van der Waals surface area contributed by atoms with E-state index in [-0.39, 0.29) is 17.0 Å². The lowest BCUT2D eigenvalue weighted by atomic mass is 10.0. The van der Waals surface area contributed by atoms with Crippen LogP contribution in [0.5, 0.6) is 0 Å². The smallest absolute Gasteiger partial charge is 0.208 e. The van der Waals surface area contributed by atoms with Crippen LogP contribution >= 0.6 is 0 Å². The van der Waals surface area contributed by atoms with Gasteiger partial charge in [0.1, 0.15) is 0 Å². The number of benzene rings is 1. The van der Waals surface area contributed by atoms with Crippen LogP contribution in [-0.4, -0.2) is 14.1 Å². The van der Waals surface area contributed by atoms with Crippen LogP contribution in [0.2, 0.25) is 0 Å². The lowest BCUT2D eigenvalue weighted by molar-refractivity contribution is -0.689. The number of allylic oxidation sites excluding steroid dienone is 1. The highest BCUT2D eigenvalue weighted by atomic mass is 79.9. The summed E-state index contributed by atoms with van der Waals surface area (Å²) in [5, 5.41) is 0. The number of rotatable bonds is 2. The first-order chi connectivity index (χ1) is 9.65. The van der Waals surface area contributed by atoms with E-state index in [2.05, 4.69) is 79.2 Å². The summed E-state index contributed by atoms with van der Waals surface area (Å²) < 4.78 is 2.33. The topological polar surface area (TPSA) is 7.12 Å². The molecule has 0 bridgehead atoms. The van der Waals surface area contributed by atoms with Crippen molar-refractivity contribution >= 4 is 17.3 Å². The number of nitrogens with zero attached hydrogens (tertiary/aromatic N) is 2. The zero-order valence-corrected chi connectivity index (χ0v) is 14.4. The highest BCUT2D eigenvalue weighted by molar-refractivity contribution is 5.81. The SMILES string of the molecule is Cc1cc(N(C)C)ccc1/C=C1\CC[n+]2ccccc21.[Br-]. The van der Waals surface area contributed by atoms with Crippen LogP contribution in [0, 0.1) is 6.92 Å². The minimum atomic E-state index is 0. The number of aryl methyl sites for hydroxylation is 2. The molecule has 1 aromatic heterocycles. The Morgan fingerprint density at radius 3 is 2.67 bits per heavy atom. The Kier molecular flexibility index (Phi) is 4.84. The minimum Gasteiger partial charge on any atom is -1.00 e. The Hall–Kier alpha value is -1.61. The second kappa shape index (κ2) is 6.44. The molecular weight excluding hydrogens is 324 g/mol. The molecule has 0 aliphatic carbocycles. The monoisotopic (exact) mass is 344 g/mol. The van der Waals surface area contributed by atoms with Gasteiger partial charge in [-0.25, -0.2) is 0 Å². The minimum absolute atomic E-state index is 0. The van der Waals surface area contributed by atoms with E-state index in [1.807, 2.05) is 0 Å². The third-order valence-electron chi connectivity index (χ3n) is 3.99. The summed E-state index contributed by atoms with van der Waals surface area (Å²) in [6.07, 6.45) is 5.63. The largest absolute Gasteiger partial charge is 1.00 e. The number of hydrogen-bond acceptors (Lipinski definition) is 1. The standard InChI is InChI=1S/C18H21N2.BrH/c1-14-12-17(19(2)3)8-7-15(14)13-16-9-11-20-10-5-4-6-18(16)20;/h4-8,10,12-13H,9,11H2,1-3H3;1H/q+1;/p-1. The van der Waals surface area contributed by atoms with E-state index in [1.165, 1.54) is 28.1 Å². The van der Waals surface area contributed by atoms with E-state index in [1.54, 1.807) is 0 Å². The normalized spacial score (nSPS) is 14.7. The Morgan fingerprint density at radius 1 is 1.14 bits per heavy atom. The molecule has 0 fully saturated rings. The molecular formula is C18H21BrN2. The summed E-state index contributed by atoms with van der Waals surface area (Å²) in [5.74, 6) is 0. The average Bonchev–Trinajstić information content (AvgIpc) is 2.84. The van der Waals surface area contributed by atoms with Gasteiger partial charge in [-0.2, -0.15) is 4.57 Å². The van der Waals surface area contributed by atoms with E-state index in [4.69, 9.17) is 0 Å². The molecule has 2 nitrogen and oxygen atoms in total. The first-order valence-electron chi connectivity index (χ1n) is 7.12. The van der Waals surface area contributed by atoms with Crippen LogP contribution in [0.3, 0.4) is 0 Å². The summed E-state index contributed by atoms with van der Waals surface area (Å²) in [7, 11) is 4.16. The predicted molar refractivity (Wildman–Crippen MR) is 84.6 cm³/mol. The fourth-order valence-electron chi connectivity index (χ4n) is 2.77. The van der Waals surface area contributed by atoms with Gasteiger partial charge in [0.25, 0.3) is 0 Å². The van der Waals surface area contributed by atoms with E-state index in [9.17, 15) is 0 Å². The second-order valence-electron chi connectivity index (χ2n) is 5.63. The van der Waals surface area contributed by atoms with Crippen molar-refractivity contribution in [1.82, 2.24) is 0 Å². The number of halogens is 1. The molecule has 0 saturated carbocycles. The molecule has 0 unspecified atom stereocenters. The van der Waals surface area contributed by atoms with Gasteiger partial charge in [-0.3, -0.25) is 0 Å². The van der Waals surface area contributed by atoms with Crippen LogP contribution in [0.15, 0.2) is 42.6 Å². The highest BCUT2D eigenvalue weighted by Crippen LogP contribution is 2.26. The van der Waals surface area contributed by atoms with Gasteiger partial charge in [-0.15, -0.1) is 0 Å². The molecule has 0 saturated heterocycles. The highest BCUT2D eigenvalue weighted by Gasteiger charge is 2.22. The van der Waals surface area contributed by atoms with Gasteiger partial charge < -0.3 is 21.9 Å².